The lowest BCUT2D eigenvalue weighted by molar-refractivity contribution is -0.122. The fourth-order valence-corrected chi connectivity index (χ4v) is 3.18. The van der Waals surface area contributed by atoms with E-state index in [-0.39, 0.29) is 30.4 Å². The minimum atomic E-state index is 0. The van der Waals surface area contributed by atoms with Crippen LogP contribution in [0.5, 0.6) is 0 Å². The molecule has 1 amide bonds. The average Bonchev–Trinajstić information content (AvgIpc) is 2.78. The van der Waals surface area contributed by atoms with Crippen molar-refractivity contribution >= 4 is 18.3 Å². The second kappa shape index (κ2) is 7.81. The summed E-state index contributed by atoms with van der Waals surface area (Å²) < 4.78 is 0. The first-order valence-corrected chi connectivity index (χ1v) is 7.60. The molecule has 2 rings (SSSR count). The zero-order valence-corrected chi connectivity index (χ0v) is 14.0. The van der Waals surface area contributed by atoms with E-state index < -0.39 is 0 Å². The van der Waals surface area contributed by atoms with Gasteiger partial charge >= 0.3 is 0 Å². The molecule has 1 aliphatic rings. The molecule has 21 heavy (non-hydrogen) atoms. The first-order chi connectivity index (χ1) is 9.49. The molecule has 1 saturated carbocycles. The number of carbonyl (C=O) groups excluding carboxylic acids is 1. The Balaban J connectivity index is 0.00000220. The highest BCUT2D eigenvalue weighted by molar-refractivity contribution is 5.85. The van der Waals surface area contributed by atoms with Crippen molar-refractivity contribution in [3.63, 3.8) is 0 Å². The van der Waals surface area contributed by atoms with Crippen LogP contribution < -0.4 is 11.1 Å². The van der Waals surface area contributed by atoms with Gasteiger partial charge in [-0.1, -0.05) is 24.6 Å². The van der Waals surface area contributed by atoms with E-state index in [1.54, 1.807) is 0 Å². The van der Waals surface area contributed by atoms with Crippen LogP contribution in [0.1, 0.15) is 55.3 Å². The van der Waals surface area contributed by atoms with Crippen LogP contribution >= 0.6 is 12.4 Å². The van der Waals surface area contributed by atoms with Gasteiger partial charge in [-0.3, -0.25) is 4.79 Å². The summed E-state index contributed by atoms with van der Waals surface area (Å²) in [6.07, 6.45) is 3.87. The largest absolute Gasteiger partial charge is 0.350 e. The summed E-state index contributed by atoms with van der Waals surface area (Å²) in [5.74, 6) is 0.488. The predicted octanol–water partition coefficient (Wildman–Crippen LogP) is 3.42. The molecular formula is C17H27ClN2O. The molecule has 0 bridgehead atoms. The van der Waals surface area contributed by atoms with E-state index >= 15 is 0 Å². The molecule has 1 unspecified atom stereocenters. The summed E-state index contributed by atoms with van der Waals surface area (Å²) in [5, 5.41) is 3.12. The van der Waals surface area contributed by atoms with Crippen LogP contribution in [0.2, 0.25) is 0 Å². The minimum absolute atomic E-state index is 0. The van der Waals surface area contributed by atoms with Crippen molar-refractivity contribution < 1.29 is 4.79 Å². The highest BCUT2D eigenvalue weighted by Gasteiger charge is 2.26. The molecule has 0 saturated heterocycles. The SMILES string of the molecule is Cc1cccc(C(C)NC(=O)C[C@@H]2CCC[C@H]2N)c1C.Cl. The van der Waals surface area contributed by atoms with Gasteiger partial charge in [0.05, 0.1) is 6.04 Å². The van der Waals surface area contributed by atoms with Crippen LogP contribution in [-0.4, -0.2) is 11.9 Å². The third-order valence-electron chi connectivity index (χ3n) is 4.66. The van der Waals surface area contributed by atoms with Crippen LogP contribution in [0, 0.1) is 19.8 Å². The van der Waals surface area contributed by atoms with E-state index in [1.807, 2.05) is 13.0 Å². The molecule has 1 aromatic carbocycles. The van der Waals surface area contributed by atoms with Gasteiger partial charge in [-0.15, -0.1) is 12.4 Å². The second-order valence-corrected chi connectivity index (χ2v) is 6.14. The zero-order chi connectivity index (χ0) is 14.7. The first-order valence-electron chi connectivity index (χ1n) is 7.60. The molecule has 0 spiro atoms. The smallest absolute Gasteiger partial charge is 0.220 e. The van der Waals surface area contributed by atoms with Gasteiger partial charge in [-0.25, -0.2) is 0 Å². The third kappa shape index (κ3) is 4.45. The Hall–Kier alpha value is -1.06. The van der Waals surface area contributed by atoms with Gasteiger partial charge in [0.25, 0.3) is 0 Å². The van der Waals surface area contributed by atoms with Gasteiger partial charge in [-0.05, 0) is 56.2 Å². The number of benzene rings is 1. The standard InChI is InChI=1S/C17H26N2O.ClH/c1-11-6-4-8-15(12(11)2)13(3)19-17(20)10-14-7-5-9-16(14)18;/h4,6,8,13-14,16H,5,7,9-10,18H2,1-3H3,(H,19,20);1H/t13?,14-,16+;/m0./s1. The summed E-state index contributed by atoms with van der Waals surface area (Å²) in [4.78, 5) is 12.2. The van der Waals surface area contributed by atoms with Gasteiger partial charge in [0.2, 0.25) is 5.91 Å². The number of nitrogens with one attached hydrogen (secondary N) is 1. The molecule has 3 N–H and O–H groups in total. The molecule has 0 aliphatic heterocycles. The highest BCUT2D eigenvalue weighted by atomic mass is 35.5. The fraction of sp³-hybridized carbons (Fsp3) is 0.588. The molecule has 118 valence electrons. The molecule has 1 aliphatic carbocycles. The number of aryl methyl sites for hydroxylation is 1. The van der Waals surface area contributed by atoms with E-state index in [0.29, 0.717) is 12.3 Å². The molecule has 3 nitrogen and oxygen atoms in total. The number of amides is 1. The molecule has 1 fully saturated rings. The van der Waals surface area contributed by atoms with Crippen molar-refractivity contribution in [1.82, 2.24) is 5.32 Å². The Kier molecular flexibility index (Phi) is 6.69. The molecule has 0 aromatic heterocycles. The average molecular weight is 311 g/mol. The quantitative estimate of drug-likeness (QED) is 0.895. The number of carbonyl (C=O) groups is 1. The summed E-state index contributed by atoms with van der Waals surface area (Å²) >= 11 is 0. The predicted molar refractivity (Wildman–Crippen MR) is 89.7 cm³/mol. The molecule has 0 heterocycles. The Morgan fingerprint density at radius 2 is 2.10 bits per heavy atom. The van der Waals surface area contributed by atoms with Crippen LogP contribution in [0.25, 0.3) is 0 Å². The van der Waals surface area contributed by atoms with E-state index in [2.05, 4.69) is 31.3 Å². The van der Waals surface area contributed by atoms with Gasteiger partial charge in [0, 0.05) is 12.5 Å². The third-order valence-corrected chi connectivity index (χ3v) is 4.66. The minimum Gasteiger partial charge on any atom is -0.350 e. The topological polar surface area (TPSA) is 55.1 Å². The number of rotatable bonds is 4. The maximum atomic E-state index is 12.2. The zero-order valence-electron chi connectivity index (χ0n) is 13.2. The summed E-state index contributed by atoms with van der Waals surface area (Å²) in [6, 6.07) is 6.50. The second-order valence-electron chi connectivity index (χ2n) is 6.14. The number of hydrogen-bond donors (Lipinski definition) is 2. The van der Waals surface area contributed by atoms with Crippen molar-refractivity contribution in [2.24, 2.45) is 11.7 Å². The lowest BCUT2D eigenvalue weighted by Gasteiger charge is -2.20. The van der Waals surface area contributed by atoms with Gasteiger partial charge in [-0.2, -0.15) is 0 Å². The fourth-order valence-electron chi connectivity index (χ4n) is 3.18. The molecule has 4 heteroatoms. The molecule has 3 atom stereocenters. The van der Waals surface area contributed by atoms with Crippen LogP contribution in [0.3, 0.4) is 0 Å². The molecular weight excluding hydrogens is 284 g/mol. The van der Waals surface area contributed by atoms with Crippen molar-refractivity contribution in [2.45, 2.75) is 58.5 Å². The van der Waals surface area contributed by atoms with Crippen molar-refractivity contribution in [2.75, 3.05) is 0 Å². The summed E-state index contributed by atoms with van der Waals surface area (Å²) in [7, 11) is 0. The van der Waals surface area contributed by atoms with E-state index in [1.165, 1.54) is 16.7 Å². The first kappa shape index (κ1) is 18.0. The normalized spacial score (nSPS) is 22.5. The molecule has 0 radical (unpaired) electrons. The lowest BCUT2D eigenvalue weighted by atomic mass is 9.97. The lowest BCUT2D eigenvalue weighted by Crippen LogP contribution is -2.33. The Morgan fingerprint density at radius 1 is 1.38 bits per heavy atom. The monoisotopic (exact) mass is 310 g/mol. The highest BCUT2D eigenvalue weighted by Crippen LogP contribution is 2.27. The molecule has 1 aromatic rings. The van der Waals surface area contributed by atoms with E-state index in [4.69, 9.17) is 5.73 Å². The van der Waals surface area contributed by atoms with Gasteiger partial charge < -0.3 is 11.1 Å². The maximum absolute atomic E-state index is 12.2. The number of halogens is 1. The van der Waals surface area contributed by atoms with Crippen LogP contribution in [0.4, 0.5) is 0 Å². The number of nitrogens with two attached hydrogens (primary N) is 1. The van der Waals surface area contributed by atoms with Crippen LogP contribution in [0.15, 0.2) is 18.2 Å². The van der Waals surface area contributed by atoms with Crippen molar-refractivity contribution in [3.05, 3.63) is 34.9 Å². The van der Waals surface area contributed by atoms with Gasteiger partial charge in [0.15, 0.2) is 0 Å². The van der Waals surface area contributed by atoms with Crippen molar-refractivity contribution in [1.29, 1.82) is 0 Å². The summed E-state index contributed by atoms with van der Waals surface area (Å²) in [5.41, 5.74) is 9.76. The maximum Gasteiger partial charge on any atom is 0.220 e. The Morgan fingerprint density at radius 3 is 2.71 bits per heavy atom. The Bertz CT molecular complexity index is 490. The van der Waals surface area contributed by atoms with Gasteiger partial charge in [0.1, 0.15) is 0 Å². The number of hydrogen-bond acceptors (Lipinski definition) is 2. The summed E-state index contributed by atoms with van der Waals surface area (Å²) in [6.45, 7) is 6.26. The van der Waals surface area contributed by atoms with Crippen LogP contribution in [-0.2, 0) is 4.79 Å². The Labute approximate surface area is 134 Å². The van der Waals surface area contributed by atoms with E-state index in [0.717, 1.165) is 19.3 Å². The van der Waals surface area contributed by atoms with E-state index in [9.17, 15) is 4.79 Å². The van der Waals surface area contributed by atoms with Crippen molar-refractivity contribution in [3.8, 4) is 0 Å².